The highest BCUT2D eigenvalue weighted by Gasteiger charge is 2.22. The smallest absolute Gasteiger partial charge is 0.255 e. The average Bonchev–Trinajstić information content (AvgIpc) is 2.82. The van der Waals surface area contributed by atoms with Crippen molar-refractivity contribution in [3.05, 3.63) is 82.9 Å². The first-order valence-electron chi connectivity index (χ1n) is 11.9. The van der Waals surface area contributed by atoms with Crippen molar-refractivity contribution >= 4 is 37.3 Å². The predicted octanol–water partition coefficient (Wildman–Crippen LogP) is 4.22. The lowest BCUT2D eigenvalue weighted by molar-refractivity contribution is 0.102. The van der Waals surface area contributed by atoms with E-state index in [2.05, 4.69) is 10.0 Å². The van der Waals surface area contributed by atoms with Crippen molar-refractivity contribution in [1.82, 2.24) is 4.72 Å². The zero-order chi connectivity index (χ0) is 28.3. The van der Waals surface area contributed by atoms with Gasteiger partial charge in [0.1, 0.15) is 5.75 Å². The van der Waals surface area contributed by atoms with Gasteiger partial charge in [0, 0.05) is 11.6 Å². The molecule has 0 heterocycles. The van der Waals surface area contributed by atoms with Gasteiger partial charge in [0.2, 0.25) is 20.0 Å². The molecule has 0 saturated carbocycles. The quantitative estimate of drug-likeness (QED) is 0.384. The van der Waals surface area contributed by atoms with Crippen LogP contribution in [0.4, 0.5) is 11.4 Å². The number of aryl methyl sites for hydroxylation is 2. The third kappa shape index (κ3) is 6.91. The van der Waals surface area contributed by atoms with Crippen molar-refractivity contribution in [2.45, 2.75) is 45.2 Å². The van der Waals surface area contributed by atoms with Crippen LogP contribution in [0, 0.1) is 13.8 Å². The fraction of sp³-hybridized carbons (Fsp3) is 0.296. The second kappa shape index (κ2) is 11.5. The largest absolute Gasteiger partial charge is 0.495 e. The lowest BCUT2D eigenvalue weighted by atomic mass is 10.1. The molecule has 0 aliphatic heterocycles. The Balaban J connectivity index is 1.85. The van der Waals surface area contributed by atoms with Gasteiger partial charge in [0.05, 0.1) is 36.2 Å². The Morgan fingerprint density at radius 2 is 1.55 bits per heavy atom. The van der Waals surface area contributed by atoms with E-state index in [4.69, 9.17) is 4.74 Å². The number of anilines is 2. The molecule has 0 spiro atoms. The van der Waals surface area contributed by atoms with E-state index in [1.165, 1.54) is 35.9 Å². The van der Waals surface area contributed by atoms with E-state index in [-0.39, 0.29) is 23.2 Å². The molecular weight excluding hydrogens is 526 g/mol. The number of ether oxygens (including phenoxy) is 1. The first-order valence-corrected chi connectivity index (χ1v) is 15.2. The Kier molecular flexibility index (Phi) is 8.86. The van der Waals surface area contributed by atoms with Crippen molar-refractivity contribution in [1.29, 1.82) is 0 Å². The first-order chi connectivity index (χ1) is 17.7. The molecule has 0 fully saturated rings. The zero-order valence-electron chi connectivity index (χ0n) is 22.3. The van der Waals surface area contributed by atoms with Gasteiger partial charge in [-0.15, -0.1) is 0 Å². The molecule has 0 aliphatic rings. The van der Waals surface area contributed by atoms with Crippen LogP contribution in [-0.4, -0.2) is 42.2 Å². The predicted molar refractivity (Wildman–Crippen MR) is 150 cm³/mol. The minimum absolute atomic E-state index is 0.00925. The average molecular weight is 560 g/mol. The maximum Gasteiger partial charge on any atom is 0.255 e. The van der Waals surface area contributed by atoms with Crippen LogP contribution in [0.3, 0.4) is 0 Å². The maximum absolute atomic E-state index is 13.0. The van der Waals surface area contributed by atoms with Crippen LogP contribution in [-0.2, 0) is 26.6 Å². The first kappa shape index (κ1) is 29.2. The van der Waals surface area contributed by atoms with Crippen molar-refractivity contribution in [2.75, 3.05) is 23.0 Å². The van der Waals surface area contributed by atoms with Gasteiger partial charge < -0.3 is 10.1 Å². The molecule has 3 rings (SSSR count). The van der Waals surface area contributed by atoms with E-state index < -0.39 is 26.0 Å². The minimum atomic E-state index is -3.78. The normalized spacial score (nSPS) is 11.9. The zero-order valence-corrected chi connectivity index (χ0v) is 23.9. The van der Waals surface area contributed by atoms with Crippen LogP contribution >= 0.6 is 0 Å². The number of carbonyl (C=O) groups is 1. The molecule has 0 unspecified atom stereocenters. The number of nitrogens with zero attached hydrogens (tertiary/aromatic N) is 1. The number of hydrogen-bond donors (Lipinski definition) is 2. The number of para-hydroxylation sites is 1. The summed E-state index contributed by atoms with van der Waals surface area (Å²) in [6.07, 6.45) is 1.17. The minimum Gasteiger partial charge on any atom is -0.495 e. The summed E-state index contributed by atoms with van der Waals surface area (Å²) < 4.78 is 59.6. The molecule has 0 aliphatic carbocycles. The molecule has 1 amide bonds. The lowest BCUT2D eigenvalue weighted by Crippen LogP contribution is -2.30. The molecule has 0 atom stereocenters. The number of hydrogen-bond acceptors (Lipinski definition) is 6. The monoisotopic (exact) mass is 559 g/mol. The fourth-order valence-electron chi connectivity index (χ4n) is 4.01. The number of nitrogens with one attached hydrogen (secondary N) is 2. The molecule has 11 heteroatoms. The summed E-state index contributed by atoms with van der Waals surface area (Å²) in [6, 6.07) is 16.1. The standard InChI is InChI=1S/C27H33N3O6S2/c1-18(2)29-38(34,35)23-14-15-25(36-5)24(16-23)28-27(31)22-12-10-21(11-13-22)17-30(37(6,32)33)26-19(3)8-7-9-20(26)4/h7-16,18,29H,17H2,1-6H3,(H,28,31). The van der Waals surface area contributed by atoms with Crippen molar-refractivity contribution < 1.29 is 26.4 Å². The molecule has 0 bridgehead atoms. The topological polar surface area (TPSA) is 122 Å². The molecule has 3 aromatic carbocycles. The van der Waals surface area contributed by atoms with Crippen LogP contribution in [0.15, 0.2) is 65.6 Å². The highest BCUT2D eigenvalue weighted by atomic mass is 32.2. The van der Waals surface area contributed by atoms with Gasteiger partial charge >= 0.3 is 0 Å². The Morgan fingerprint density at radius 3 is 2.08 bits per heavy atom. The Labute approximate surface area is 224 Å². The third-order valence-electron chi connectivity index (χ3n) is 5.75. The molecule has 2 N–H and O–H groups in total. The number of benzene rings is 3. The van der Waals surface area contributed by atoms with Crippen LogP contribution in [0.5, 0.6) is 5.75 Å². The van der Waals surface area contributed by atoms with E-state index in [0.29, 0.717) is 22.6 Å². The summed E-state index contributed by atoms with van der Waals surface area (Å²) in [6.45, 7) is 7.25. The molecule has 204 valence electrons. The number of carbonyl (C=O) groups excluding carboxylic acids is 1. The molecule has 38 heavy (non-hydrogen) atoms. The van der Waals surface area contributed by atoms with Gasteiger partial charge in [-0.05, 0) is 74.7 Å². The second-order valence-electron chi connectivity index (χ2n) is 9.30. The van der Waals surface area contributed by atoms with Gasteiger partial charge in [-0.2, -0.15) is 0 Å². The lowest BCUT2D eigenvalue weighted by Gasteiger charge is -2.26. The van der Waals surface area contributed by atoms with E-state index >= 15 is 0 Å². The van der Waals surface area contributed by atoms with E-state index in [1.54, 1.807) is 38.1 Å². The van der Waals surface area contributed by atoms with E-state index in [1.807, 2.05) is 32.0 Å². The van der Waals surface area contributed by atoms with Gasteiger partial charge in [-0.1, -0.05) is 30.3 Å². The molecule has 0 radical (unpaired) electrons. The Bertz CT molecular complexity index is 1510. The van der Waals surface area contributed by atoms with Crippen LogP contribution < -0.4 is 19.1 Å². The van der Waals surface area contributed by atoms with Crippen LogP contribution in [0.1, 0.15) is 40.9 Å². The summed E-state index contributed by atoms with van der Waals surface area (Å²) in [5, 5.41) is 2.71. The molecular formula is C27H33N3O6S2. The van der Waals surface area contributed by atoms with Crippen LogP contribution in [0.2, 0.25) is 0 Å². The summed E-state index contributed by atoms with van der Waals surface area (Å²) in [4.78, 5) is 13.0. The maximum atomic E-state index is 13.0. The SMILES string of the molecule is COc1ccc(S(=O)(=O)NC(C)C)cc1NC(=O)c1ccc(CN(c2c(C)cccc2C)S(C)(=O)=O)cc1. The van der Waals surface area contributed by atoms with E-state index in [9.17, 15) is 21.6 Å². The van der Waals surface area contributed by atoms with Crippen molar-refractivity contribution in [3.8, 4) is 5.75 Å². The van der Waals surface area contributed by atoms with E-state index in [0.717, 1.165) is 11.1 Å². The Morgan fingerprint density at radius 1 is 0.947 bits per heavy atom. The summed E-state index contributed by atoms with van der Waals surface area (Å²) in [5.74, 6) is -0.174. The summed E-state index contributed by atoms with van der Waals surface area (Å²) in [5.41, 5.74) is 3.51. The molecule has 0 aromatic heterocycles. The van der Waals surface area contributed by atoms with Gasteiger partial charge in [0.25, 0.3) is 5.91 Å². The number of sulfonamides is 2. The fourth-order valence-corrected chi connectivity index (χ4v) is 6.29. The van der Waals surface area contributed by atoms with Crippen molar-refractivity contribution in [2.24, 2.45) is 0 Å². The Hall–Kier alpha value is -3.41. The second-order valence-corrected chi connectivity index (χ2v) is 12.9. The summed E-state index contributed by atoms with van der Waals surface area (Å²) in [7, 11) is -5.93. The van der Waals surface area contributed by atoms with Gasteiger partial charge in [0.15, 0.2) is 0 Å². The molecule has 0 saturated heterocycles. The van der Waals surface area contributed by atoms with Gasteiger partial charge in [-0.3, -0.25) is 9.10 Å². The number of rotatable bonds is 10. The third-order valence-corrected chi connectivity index (χ3v) is 8.52. The highest BCUT2D eigenvalue weighted by molar-refractivity contribution is 7.92. The van der Waals surface area contributed by atoms with Crippen molar-refractivity contribution in [3.63, 3.8) is 0 Å². The molecule has 3 aromatic rings. The molecule has 9 nitrogen and oxygen atoms in total. The van der Waals surface area contributed by atoms with Gasteiger partial charge in [-0.25, -0.2) is 21.6 Å². The number of methoxy groups -OCH3 is 1. The number of amides is 1. The highest BCUT2D eigenvalue weighted by Crippen LogP contribution is 2.30. The van der Waals surface area contributed by atoms with Crippen LogP contribution in [0.25, 0.3) is 0 Å². The summed E-state index contributed by atoms with van der Waals surface area (Å²) >= 11 is 0.